The molecule has 1 atom stereocenters. The smallest absolute Gasteiger partial charge is 0.379 e. The number of rotatable bonds is 5. The molecule has 0 spiro atoms. The van der Waals surface area contributed by atoms with Crippen molar-refractivity contribution < 1.29 is 23.9 Å². The van der Waals surface area contributed by atoms with Gasteiger partial charge in [-0.3, -0.25) is 9.59 Å². The molecule has 0 N–H and O–H groups in total. The van der Waals surface area contributed by atoms with Crippen molar-refractivity contribution in [2.45, 2.75) is 5.25 Å². The summed E-state index contributed by atoms with van der Waals surface area (Å²) in [5, 5.41) is -0.959. The van der Waals surface area contributed by atoms with E-state index in [1.165, 1.54) is 18.9 Å². The number of allylic oxidation sites excluding steroid dienone is 2. The Balaban J connectivity index is 2.23. The predicted octanol–water partition coefficient (Wildman–Crippen LogP) is 3.51. The molecule has 6 heteroatoms. The van der Waals surface area contributed by atoms with E-state index in [1.807, 2.05) is 60.7 Å². The molecular formula is C22H18O5S. The van der Waals surface area contributed by atoms with E-state index in [0.29, 0.717) is 0 Å². The number of esters is 2. The number of benzene rings is 2. The molecule has 0 bridgehead atoms. The highest BCUT2D eigenvalue weighted by molar-refractivity contribution is 8.10. The maximum Gasteiger partial charge on any atom is 0.379 e. The fourth-order valence-electron chi connectivity index (χ4n) is 2.86. The quantitative estimate of drug-likeness (QED) is 0.571. The van der Waals surface area contributed by atoms with Crippen molar-refractivity contribution in [2.24, 2.45) is 0 Å². The molecule has 0 fully saturated rings. The third kappa shape index (κ3) is 3.92. The topological polar surface area (TPSA) is 69.7 Å². The molecule has 5 nitrogen and oxygen atoms in total. The van der Waals surface area contributed by atoms with Gasteiger partial charge in [-0.15, -0.1) is 11.8 Å². The van der Waals surface area contributed by atoms with Gasteiger partial charge in [-0.05, 0) is 22.8 Å². The third-order valence-electron chi connectivity index (χ3n) is 4.23. The minimum absolute atomic E-state index is 0.0437. The predicted molar refractivity (Wildman–Crippen MR) is 108 cm³/mol. The van der Waals surface area contributed by atoms with Gasteiger partial charge in [-0.2, -0.15) is 0 Å². The first-order chi connectivity index (χ1) is 13.6. The van der Waals surface area contributed by atoms with E-state index < -0.39 is 23.0 Å². The Kier molecular flexibility index (Phi) is 6.11. The highest BCUT2D eigenvalue weighted by Gasteiger charge is 2.37. The molecule has 3 rings (SSSR count). The summed E-state index contributed by atoms with van der Waals surface area (Å²) in [5.41, 5.74) is 2.57. The number of Topliss-reactive ketones (excluding diaryl/α,β-unsaturated/α-hetero) is 1. The first-order valence-corrected chi connectivity index (χ1v) is 9.38. The van der Waals surface area contributed by atoms with E-state index in [1.54, 1.807) is 6.08 Å². The van der Waals surface area contributed by atoms with Crippen molar-refractivity contribution in [2.75, 3.05) is 14.2 Å². The molecule has 142 valence electrons. The molecule has 0 aromatic heterocycles. The molecular weight excluding hydrogens is 376 g/mol. The van der Waals surface area contributed by atoms with Gasteiger partial charge >= 0.3 is 11.9 Å². The maximum absolute atomic E-state index is 12.6. The Morgan fingerprint density at radius 1 is 0.821 bits per heavy atom. The summed E-state index contributed by atoms with van der Waals surface area (Å²) in [6, 6.07) is 19.1. The lowest BCUT2D eigenvalue weighted by Crippen LogP contribution is -2.31. The minimum atomic E-state index is -1.02. The highest BCUT2D eigenvalue weighted by atomic mass is 32.2. The Morgan fingerprint density at radius 2 is 1.39 bits per heavy atom. The average molecular weight is 394 g/mol. The zero-order chi connectivity index (χ0) is 20.1. The summed E-state index contributed by atoms with van der Waals surface area (Å²) < 4.78 is 9.45. The normalized spacial score (nSPS) is 16.2. The number of carbonyl (C=O) groups is 3. The number of ether oxygens (including phenoxy) is 2. The fraction of sp³-hybridized carbons (Fsp3) is 0.136. The Hall–Kier alpha value is -3.12. The largest absolute Gasteiger partial charge is 0.468 e. The number of hydrogen-bond acceptors (Lipinski definition) is 6. The van der Waals surface area contributed by atoms with E-state index in [4.69, 9.17) is 4.74 Å². The van der Waals surface area contributed by atoms with Gasteiger partial charge in [0.2, 0.25) is 0 Å². The lowest BCUT2D eigenvalue weighted by molar-refractivity contribution is -0.150. The van der Waals surface area contributed by atoms with Gasteiger partial charge in [0.15, 0.2) is 0 Å². The van der Waals surface area contributed by atoms with Crippen molar-refractivity contribution in [3.05, 3.63) is 83.4 Å². The Labute approximate surface area is 167 Å². The van der Waals surface area contributed by atoms with Crippen molar-refractivity contribution in [1.82, 2.24) is 0 Å². The summed E-state index contributed by atoms with van der Waals surface area (Å²) in [6.45, 7) is 0. The standard InChI is InChI=1S/C22H18O5S/c1-26-21(24)18(23)17-13-16(14-9-5-3-6-10-14)19(15-11-7-4-8-12-15)28-20(17)22(25)27-2/h3-13,20H,1-2H3. The van der Waals surface area contributed by atoms with Gasteiger partial charge in [0.25, 0.3) is 5.78 Å². The van der Waals surface area contributed by atoms with Gasteiger partial charge < -0.3 is 9.47 Å². The number of thioether (sulfide) groups is 1. The maximum atomic E-state index is 12.6. The number of methoxy groups -OCH3 is 2. The molecule has 1 aliphatic heterocycles. The number of hydrogen-bond donors (Lipinski definition) is 0. The van der Waals surface area contributed by atoms with E-state index in [-0.39, 0.29) is 5.57 Å². The first kappa shape index (κ1) is 19.6. The van der Waals surface area contributed by atoms with Crippen molar-refractivity contribution >= 4 is 40.0 Å². The van der Waals surface area contributed by atoms with E-state index in [2.05, 4.69) is 4.74 Å². The molecule has 0 amide bonds. The first-order valence-electron chi connectivity index (χ1n) is 8.50. The van der Waals surface area contributed by atoms with Crippen LogP contribution in [0.2, 0.25) is 0 Å². The van der Waals surface area contributed by atoms with Crippen LogP contribution < -0.4 is 0 Å². The van der Waals surface area contributed by atoms with Gasteiger partial charge in [-0.25, -0.2) is 4.79 Å². The van der Waals surface area contributed by atoms with Crippen molar-refractivity contribution in [1.29, 1.82) is 0 Å². The van der Waals surface area contributed by atoms with Gasteiger partial charge in [0, 0.05) is 10.5 Å². The van der Waals surface area contributed by atoms with E-state index >= 15 is 0 Å². The molecule has 0 saturated heterocycles. The molecule has 1 unspecified atom stereocenters. The van der Waals surface area contributed by atoms with Gasteiger partial charge in [-0.1, -0.05) is 60.7 Å². The van der Waals surface area contributed by atoms with E-state index in [0.717, 1.165) is 28.7 Å². The van der Waals surface area contributed by atoms with E-state index in [9.17, 15) is 14.4 Å². The highest BCUT2D eigenvalue weighted by Crippen LogP contribution is 2.45. The van der Waals surface area contributed by atoms with Crippen LogP contribution in [0, 0.1) is 0 Å². The lowest BCUT2D eigenvalue weighted by Gasteiger charge is -2.25. The molecule has 0 radical (unpaired) electrons. The van der Waals surface area contributed by atoms with Crippen molar-refractivity contribution in [3.63, 3.8) is 0 Å². The van der Waals surface area contributed by atoms with Crippen LogP contribution in [0.3, 0.4) is 0 Å². The van der Waals surface area contributed by atoms with Crippen LogP contribution in [0.15, 0.2) is 72.3 Å². The summed E-state index contributed by atoms with van der Waals surface area (Å²) in [6.07, 6.45) is 1.59. The minimum Gasteiger partial charge on any atom is -0.468 e. The molecule has 0 saturated carbocycles. The SMILES string of the molecule is COC(=O)C(=O)C1=CC(c2ccccc2)=C(c2ccccc2)SC1C(=O)OC. The van der Waals surface area contributed by atoms with Crippen LogP contribution in [0.1, 0.15) is 11.1 Å². The monoisotopic (exact) mass is 394 g/mol. The van der Waals surface area contributed by atoms with Crippen LogP contribution in [-0.4, -0.2) is 37.2 Å². The summed E-state index contributed by atoms with van der Waals surface area (Å²) in [5.74, 6) is -2.48. The lowest BCUT2D eigenvalue weighted by atomic mass is 9.96. The molecule has 0 aliphatic carbocycles. The molecule has 2 aromatic rings. The summed E-state index contributed by atoms with van der Waals surface area (Å²) in [7, 11) is 2.38. The number of carbonyl (C=O) groups excluding carboxylic acids is 3. The van der Waals surface area contributed by atoms with Gasteiger partial charge in [0.1, 0.15) is 5.25 Å². The molecule has 1 aliphatic rings. The Morgan fingerprint density at radius 3 is 1.93 bits per heavy atom. The number of ketones is 1. The van der Waals surface area contributed by atoms with Gasteiger partial charge in [0.05, 0.1) is 14.2 Å². The molecule has 28 heavy (non-hydrogen) atoms. The zero-order valence-electron chi connectivity index (χ0n) is 15.4. The third-order valence-corrected chi connectivity index (χ3v) is 5.61. The molecule has 1 heterocycles. The fourth-order valence-corrected chi connectivity index (χ4v) is 4.17. The second kappa shape index (κ2) is 8.71. The second-order valence-electron chi connectivity index (χ2n) is 5.92. The van der Waals surface area contributed by atoms with Crippen LogP contribution >= 0.6 is 11.8 Å². The van der Waals surface area contributed by atoms with Crippen LogP contribution in [0.4, 0.5) is 0 Å². The van der Waals surface area contributed by atoms with Crippen LogP contribution in [0.25, 0.3) is 10.5 Å². The summed E-state index contributed by atoms with van der Waals surface area (Å²) in [4.78, 5) is 37.7. The van der Waals surface area contributed by atoms with Crippen LogP contribution in [-0.2, 0) is 23.9 Å². The average Bonchev–Trinajstić information content (AvgIpc) is 2.77. The zero-order valence-corrected chi connectivity index (χ0v) is 16.2. The van der Waals surface area contributed by atoms with Crippen LogP contribution in [0.5, 0.6) is 0 Å². The Bertz CT molecular complexity index is 961. The molecule has 2 aromatic carbocycles. The summed E-state index contributed by atoms with van der Waals surface area (Å²) >= 11 is 1.19. The second-order valence-corrected chi connectivity index (χ2v) is 7.03. The van der Waals surface area contributed by atoms with Crippen molar-refractivity contribution in [3.8, 4) is 0 Å².